The highest BCUT2D eigenvalue weighted by atomic mass is 35.5. The molecule has 6 nitrogen and oxygen atoms in total. The molecule has 156 valence electrons. The van der Waals surface area contributed by atoms with Crippen molar-refractivity contribution in [3.63, 3.8) is 0 Å². The average molecular weight is 427 g/mol. The number of hydrogen-bond donors (Lipinski definition) is 0. The Morgan fingerprint density at radius 2 is 1.90 bits per heavy atom. The van der Waals surface area contributed by atoms with Crippen molar-refractivity contribution in [1.29, 1.82) is 0 Å². The second-order valence-electron chi connectivity index (χ2n) is 8.72. The molecule has 1 aliphatic carbocycles. The van der Waals surface area contributed by atoms with Crippen LogP contribution < -0.4 is 4.90 Å². The molecule has 0 bridgehead atoms. The number of anilines is 1. The van der Waals surface area contributed by atoms with Gasteiger partial charge < -0.3 is 9.26 Å². The minimum atomic E-state index is -0.640. The number of amides is 1. The number of hydrogen-bond acceptors (Lipinski definition) is 5. The number of fused-ring (bicyclic) bond motifs is 1. The molecule has 1 saturated carbocycles. The van der Waals surface area contributed by atoms with Crippen molar-refractivity contribution < 1.29 is 18.8 Å². The monoisotopic (exact) mass is 426 g/mol. The van der Waals surface area contributed by atoms with E-state index in [1.807, 2.05) is 12.1 Å². The summed E-state index contributed by atoms with van der Waals surface area (Å²) in [6.07, 6.45) is 1.28. The van der Waals surface area contributed by atoms with E-state index in [1.165, 1.54) is 4.90 Å². The molecule has 3 heterocycles. The quantitative estimate of drug-likeness (QED) is 0.700. The van der Waals surface area contributed by atoms with Crippen LogP contribution in [0.2, 0.25) is 5.02 Å². The predicted molar refractivity (Wildman–Crippen MR) is 111 cm³/mol. The molecule has 1 fully saturated rings. The number of aryl methyl sites for hydroxylation is 1. The van der Waals surface area contributed by atoms with Crippen molar-refractivity contribution in [2.45, 2.75) is 45.8 Å². The normalized spacial score (nSPS) is 30.9. The molecular formula is C23H23ClN2O4. The van der Waals surface area contributed by atoms with E-state index in [9.17, 15) is 9.59 Å². The first kappa shape index (κ1) is 19.4. The van der Waals surface area contributed by atoms with Gasteiger partial charge in [0.15, 0.2) is 17.4 Å². The maximum atomic E-state index is 13.7. The van der Waals surface area contributed by atoms with Crippen LogP contribution in [-0.2, 0) is 14.3 Å². The van der Waals surface area contributed by atoms with Gasteiger partial charge in [0.25, 0.3) is 5.91 Å². The molecule has 5 unspecified atom stereocenters. The van der Waals surface area contributed by atoms with E-state index in [-0.39, 0.29) is 29.5 Å². The minimum absolute atomic E-state index is 0.000965. The summed E-state index contributed by atoms with van der Waals surface area (Å²) in [4.78, 5) is 28.7. The summed E-state index contributed by atoms with van der Waals surface area (Å²) in [7, 11) is 0. The molecule has 3 aliphatic rings. The van der Waals surface area contributed by atoms with Gasteiger partial charge >= 0.3 is 0 Å². The number of nitrogens with zero attached hydrogens (tertiary/aromatic N) is 2. The largest absolute Gasteiger partial charge is 0.483 e. The highest BCUT2D eigenvalue weighted by molar-refractivity contribution is 6.30. The summed E-state index contributed by atoms with van der Waals surface area (Å²) in [6.45, 7) is 6.11. The minimum Gasteiger partial charge on any atom is -0.483 e. The van der Waals surface area contributed by atoms with Crippen LogP contribution in [0.25, 0.3) is 0 Å². The van der Waals surface area contributed by atoms with E-state index in [0.717, 1.165) is 18.4 Å². The Bertz CT molecular complexity index is 1070. The van der Waals surface area contributed by atoms with Crippen LogP contribution in [0.1, 0.15) is 44.1 Å². The summed E-state index contributed by atoms with van der Waals surface area (Å²) < 4.78 is 11.5. The summed E-state index contributed by atoms with van der Waals surface area (Å²) in [5.41, 5.74) is 1.15. The molecule has 0 radical (unpaired) electrons. The molecule has 2 aromatic rings. The number of halogens is 1. The number of rotatable bonds is 2. The fraction of sp³-hybridized carbons (Fsp3) is 0.435. The predicted octanol–water partition coefficient (Wildman–Crippen LogP) is 4.63. The fourth-order valence-electron chi connectivity index (χ4n) is 4.96. The van der Waals surface area contributed by atoms with Gasteiger partial charge in [-0.15, -0.1) is 0 Å². The molecule has 5 atom stereocenters. The highest BCUT2D eigenvalue weighted by Gasteiger charge is 2.54. The van der Waals surface area contributed by atoms with Gasteiger partial charge in [-0.25, -0.2) is 0 Å². The van der Waals surface area contributed by atoms with Crippen molar-refractivity contribution in [2.24, 2.45) is 17.8 Å². The Morgan fingerprint density at radius 3 is 2.60 bits per heavy atom. The standard InChI is InChI=1S/C23H23ClN2O4/c1-11-7-16-17(8-12(11)2)29-22-19(21(16)27)20(14-5-4-6-15(24)10-14)26(23(22)28)18-9-13(3)30-25-18/h4-6,9-12,16-17,20H,7-8H2,1-3H3. The van der Waals surface area contributed by atoms with Gasteiger partial charge in [0.2, 0.25) is 0 Å². The maximum Gasteiger partial charge on any atom is 0.295 e. The number of ketones is 1. The van der Waals surface area contributed by atoms with Gasteiger partial charge in [-0.05, 0) is 49.3 Å². The Labute approximate surface area is 179 Å². The third kappa shape index (κ3) is 2.88. The Kier molecular flexibility index (Phi) is 4.51. The number of carbonyl (C=O) groups excluding carboxylic acids is 2. The van der Waals surface area contributed by atoms with Crippen molar-refractivity contribution in [1.82, 2.24) is 5.16 Å². The molecule has 7 heteroatoms. The van der Waals surface area contributed by atoms with Crippen molar-refractivity contribution in [3.05, 3.63) is 58.0 Å². The second-order valence-corrected chi connectivity index (χ2v) is 9.16. The van der Waals surface area contributed by atoms with E-state index < -0.39 is 6.04 Å². The number of Topliss-reactive ketones (excluding diaryl/α,β-unsaturated/α-hetero) is 1. The number of benzene rings is 1. The lowest BCUT2D eigenvalue weighted by atomic mass is 9.70. The van der Waals surface area contributed by atoms with Gasteiger partial charge in [-0.3, -0.25) is 14.5 Å². The summed E-state index contributed by atoms with van der Waals surface area (Å²) in [5, 5.41) is 4.58. The number of aromatic nitrogens is 1. The Balaban J connectivity index is 1.64. The first-order chi connectivity index (χ1) is 14.3. The molecule has 0 saturated heterocycles. The smallest absolute Gasteiger partial charge is 0.295 e. The molecule has 1 amide bonds. The Hall–Kier alpha value is -2.60. The van der Waals surface area contributed by atoms with Crippen LogP contribution in [0.3, 0.4) is 0 Å². The van der Waals surface area contributed by atoms with Crippen LogP contribution in [0.4, 0.5) is 5.82 Å². The SMILES string of the molecule is Cc1cc(N2C(=O)C3=C(C(=O)C4CC(C)C(C)CC4O3)C2c2cccc(Cl)c2)no1. The topological polar surface area (TPSA) is 72.6 Å². The van der Waals surface area contributed by atoms with Crippen LogP contribution in [0, 0.1) is 24.7 Å². The molecule has 1 aromatic carbocycles. The van der Waals surface area contributed by atoms with Gasteiger partial charge in [-0.1, -0.05) is 42.7 Å². The summed E-state index contributed by atoms with van der Waals surface area (Å²) in [6, 6.07) is 8.27. The molecule has 0 spiro atoms. The lowest BCUT2D eigenvalue weighted by molar-refractivity contribution is -0.134. The zero-order chi connectivity index (χ0) is 21.2. The lowest BCUT2D eigenvalue weighted by Gasteiger charge is -2.40. The molecular weight excluding hydrogens is 404 g/mol. The van der Waals surface area contributed by atoms with E-state index in [0.29, 0.717) is 34.0 Å². The maximum absolute atomic E-state index is 13.7. The van der Waals surface area contributed by atoms with E-state index >= 15 is 0 Å². The van der Waals surface area contributed by atoms with E-state index in [1.54, 1.807) is 25.1 Å². The summed E-state index contributed by atoms with van der Waals surface area (Å²) in [5.74, 6) is 1.36. The van der Waals surface area contributed by atoms with Crippen LogP contribution >= 0.6 is 11.6 Å². The third-order valence-electron chi connectivity index (χ3n) is 6.74. The van der Waals surface area contributed by atoms with Crippen molar-refractivity contribution in [3.8, 4) is 0 Å². The van der Waals surface area contributed by atoms with Gasteiger partial charge in [-0.2, -0.15) is 0 Å². The van der Waals surface area contributed by atoms with Gasteiger partial charge in [0, 0.05) is 11.1 Å². The van der Waals surface area contributed by atoms with Gasteiger partial charge in [0.05, 0.1) is 17.5 Å². The van der Waals surface area contributed by atoms with E-state index in [2.05, 4.69) is 19.0 Å². The first-order valence-corrected chi connectivity index (χ1v) is 10.7. The summed E-state index contributed by atoms with van der Waals surface area (Å²) >= 11 is 6.25. The van der Waals surface area contributed by atoms with Crippen LogP contribution in [0.5, 0.6) is 0 Å². The zero-order valence-corrected chi connectivity index (χ0v) is 17.8. The number of carbonyl (C=O) groups is 2. The molecule has 2 aliphatic heterocycles. The highest BCUT2D eigenvalue weighted by Crippen LogP contribution is 2.49. The third-order valence-corrected chi connectivity index (χ3v) is 6.97. The second kappa shape index (κ2) is 6.98. The van der Waals surface area contributed by atoms with Gasteiger partial charge in [0.1, 0.15) is 11.9 Å². The van der Waals surface area contributed by atoms with Crippen LogP contribution in [0.15, 0.2) is 46.2 Å². The Morgan fingerprint density at radius 1 is 1.13 bits per heavy atom. The fourth-order valence-corrected chi connectivity index (χ4v) is 5.15. The first-order valence-electron chi connectivity index (χ1n) is 10.3. The lowest BCUT2D eigenvalue weighted by Crippen LogP contribution is -2.43. The van der Waals surface area contributed by atoms with E-state index in [4.69, 9.17) is 20.9 Å². The number of ether oxygens (including phenoxy) is 1. The molecule has 5 rings (SSSR count). The molecule has 1 aromatic heterocycles. The molecule has 30 heavy (non-hydrogen) atoms. The molecule has 0 N–H and O–H groups in total. The van der Waals surface area contributed by atoms with Crippen molar-refractivity contribution in [2.75, 3.05) is 4.90 Å². The average Bonchev–Trinajstić information content (AvgIpc) is 3.25. The van der Waals surface area contributed by atoms with Crippen molar-refractivity contribution >= 4 is 29.1 Å². The van der Waals surface area contributed by atoms with Crippen LogP contribution in [-0.4, -0.2) is 23.0 Å². The zero-order valence-electron chi connectivity index (χ0n) is 17.1.